The molecule has 18 heavy (non-hydrogen) atoms. The molecule has 0 aliphatic heterocycles. The molecule has 2 aromatic rings. The van der Waals surface area contributed by atoms with Crippen LogP contribution >= 0.6 is 0 Å². The number of aromatic amines is 1. The number of pyridine rings is 1. The average Bonchev–Trinajstić information content (AvgIpc) is 2.38. The SMILES string of the molecule is COc1ccc(-c2cc(C)[nH+]c(N)c2C#N)cc1. The number of nitrogens with zero attached hydrogens (tertiary/aromatic N) is 1. The van der Waals surface area contributed by atoms with E-state index >= 15 is 0 Å². The van der Waals surface area contributed by atoms with Crippen molar-refractivity contribution in [1.29, 1.82) is 5.26 Å². The summed E-state index contributed by atoms with van der Waals surface area (Å²) in [6.45, 7) is 1.91. The first-order valence-electron chi connectivity index (χ1n) is 5.52. The number of hydrogen-bond donors (Lipinski definition) is 1. The number of aryl methyl sites for hydroxylation is 1. The van der Waals surface area contributed by atoms with Gasteiger partial charge >= 0.3 is 0 Å². The molecular formula is C14H14N3O+. The molecule has 3 N–H and O–H groups in total. The number of nitrogens with one attached hydrogen (secondary N) is 1. The summed E-state index contributed by atoms with van der Waals surface area (Å²) < 4.78 is 5.11. The lowest BCUT2D eigenvalue weighted by Gasteiger charge is -2.06. The van der Waals surface area contributed by atoms with Crippen molar-refractivity contribution in [3.05, 3.63) is 41.6 Å². The minimum Gasteiger partial charge on any atom is -0.497 e. The molecule has 0 atom stereocenters. The lowest BCUT2D eigenvalue weighted by molar-refractivity contribution is -0.370. The standard InChI is InChI=1S/C14H13N3O/c1-9-7-12(13(8-15)14(16)17-9)10-3-5-11(18-2)6-4-10/h3-7H,1-2H3,(H2,16,17)/p+1. The molecule has 0 aliphatic rings. The van der Waals surface area contributed by atoms with Crippen molar-refractivity contribution in [2.24, 2.45) is 0 Å². The Morgan fingerprint density at radius 3 is 2.50 bits per heavy atom. The highest BCUT2D eigenvalue weighted by molar-refractivity contribution is 5.74. The normalized spacial score (nSPS) is 9.83. The van der Waals surface area contributed by atoms with Crippen LogP contribution in [0.1, 0.15) is 11.3 Å². The Balaban J connectivity index is 2.59. The number of ether oxygens (including phenoxy) is 1. The third-order valence-electron chi connectivity index (χ3n) is 2.74. The van der Waals surface area contributed by atoms with Crippen molar-refractivity contribution in [2.75, 3.05) is 12.8 Å². The monoisotopic (exact) mass is 240 g/mol. The lowest BCUT2D eigenvalue weighted by Crippen LogP contribution is -2.16. The van der Waals surface area contributed by atoms with E-state index in [1.54, 1.807) is 7.11 Å². The first-order chi connectivity index (χ1) is 8.65. The van der Waals surface area contributed by atoms with E-state index in [2.05, 4.69) is 11.1 Å². The second-order valence-electron chi connectivity index (χ2n) is 4.00. The van der Waals surface area contributed by atoms with Gasteiger partial charge in [0.25, 0.3) is 5.82 Å². The van der Waals surface area contributed by atoms with Gasteiger partial charge in [0, 0.05) is 5.56 Å². The highest BCUT2D eigenvalue weighted by Gasteiger charge is 2.14. The number of anilines is 1. The molecule has 1 aromatic carbocycles. The van der Waals surface area contributed by atoms with Crippen LogP contribution in [0.4, 0.5) is 5.82 Å². The van der Waals surface area contributed by atoms with E-state index in [9.17, 15) is 5.26 Å². The summed E-state index contributed by atoms with van der Waals surface area (Å²) >= 11 is 0. The van der Waals surface area contributed by atoms with Crippen LogP contribution in [0.2, 0.25) is 0 Å². The molecule has 0 bridgehead atoms. The third-order valence-corrected chi connectivity index (χ3v) is 2.74. The highest BCUT2D eigenvalue weighted by Crippen LogP contribution is 2.27. The second-order valence-corrected chi connectivity index (χ2v) is 4.00. The molecule has 90 valence electrons. The quantitative estimate of drug-likeness (QED) is 0.871. The van der Waals surface area contributed by atoms with Crippen LogP contribution < -0.4 is 15.5 Å². The maximum atomic E-state index is 9.18. The van der Waals surface area contributed by atoms with Gasteiger partial charge in [-0.1, -0.05) is 12.1 Å². The third kappa shape index (κ3) is 2.11. The Morgan fingerprint density at radius 1 is 1.28 bits per heavy atom. The lowest BCUT2D eigenvalue weighted by atomic mass is 10.0. The van der Waals surface area contributed by atoms with Gasteiger partial charge in [0.05, 0.1) is 12.8 Å². The molecular weight excluding hydrogens is 226 g/mol. The summed E-state index contributed by atoms with van der Waals surface area (Å²) in [5.74, 6) is 1.17. The largest absolute Gasteiger partial charge is 0.497 e. The molecule has 1 heterocycles. The van der Waals surface area contributed by atoms with Crippen LogP contribution in [0, 0.1) is 18.3 Å². The second kappa shape index (κ2) is 4.76. The summed E-state index contributed by atoms with van der Waals surface area (Å²) in [4.78, 5) is 2.95. The summed E-state index contributed by atoms with van der Waals surface area (Å²) in [6.07, 6.45) is 0. The van der Waals surface area contributed by atoms with E-state index < -0.39 is 0 Å². The zero-order chi connectivity index (χ0) is 13.1. The minimum atomic E-state index is 0.392. The Hall–Kier alpha value is -2.54. The molecule has 0 spiro atoms. The number of rotatable bonds is 2. The van der Waals surface area contributed by atoms with Crippen LogP contribution in [-0.2, 0) is 0 Å². The summed E-state index contributed by atoms with van der Waals surface area (Å²) in [5, 5.41) is 9.18. The Kier molecular flexibility index (Phi) is 3.16. The van der Waals surface area contributed by atoms with Gasteiger partial charge in [-0.05, 0) is 30.7 Å². The van der Waals surface area contributed by atoms with E-state index in [0.29, 0.717) is 11.4 Å². The van der Waals surface area contributed by atoms with Gasteiger partial charge < -0.3 is 4.74 Å². The predicted octanol–water partition coefficient (Wildman–Crippen LogP) is 1.94. The van der Waals surface area contributed by atoms with Crippen molar-refractivity contribution in [3.8, 4) is 22.9 Å². The van der Waals surface area contributed by atoms with Crippen LogP contribution in [0.3, 0.4) is 0 Å². The van der Waals surface area contributed by atoms with Gasteiger partial charge in [0.15, 0.2) is 0 Å². The van der Waals surface area contributed by atoms with Crippen molar-refractivity contribution in [1.82, 2.24) is 0 Å². The first-order valence-corrected chi connectivity index (χ1v) is 5.52. The molecule has 0 amide bonds. The fourth-order valence-corrected chi connectivity index (χ4v) is 1.86. The maximum Gasteiger partial charge on any atom is 0.289 e. The van der Waals surface area contributed by atoms with Crippen molar-refractivity contribution in [2.45, 2.75) is 6.92 Å². The van der Waals surface area contributed by atoms with Crippen molar-refractivity contribution >= 4 is 5.82 Å². The molecule has 0 saturated carbocycles. The van der Waals surface area contributed by atoms with E-state index in [4.69, 9.17) is 10.5 Å². The van der Waals surface area contributed by atoms with Gasteiger partial charge in [-0.25, -0.2) is 4.98 Å². The van der Waals surface area contributed by atoms with Gasteiger partial charge in [0.1, 0.15) is 17.4 Å². The zero-order valence-corrected chi connectivity index (χ0v) is 10.3. The Bertz CT molecular complexity index is 612. The first kappa shape index (κ1) is 11.9. The molecule has 4 nitrogen and oxygen atoms in total. The van der Waals surface area contributed by atoms with Gasteiger partial charge in [-0.3, -0.25) is 5.73 Å². The number of benzene rings is 1. The summed E-state index contributed by atoms with van der Waals surface area (Å²) in [6, 6.07) is 11.6. The van der Waals surface area contributed by atoms with Crippen LogP contribution in [-0.4, -0.2) is 7.11 Å². The van der Waals surface area contributed by atoms with Crippen LogP contribution in [0.25, 0.3) is 11.1 Å². The molecule has 0 unspecified atom stereocenters. The molecule has 4 heteroatoms. The average molecular weight is 240 g/mol. The van der Waals surface area contributed by atoms with Crippen molar-refractivity contribution < 1.29 is 9.72 Å². The van der Waals surface area contributed by atoms with E-state index in [1.807, 2.05) is 37.3 Å². The predicted molar refractivity (Wildman–Crippen MR) is 68.9 cm³/mol. The number of nitrogen functional groups attached to an aromatic ring is 1. The fraction of sp³-hybridized carbons (Fsp3) is 0.143. The molecule has 0 saturated heterocycles. The van der Waals surface area contributed by atoms with E-state index in [0.717, 1.165) is 22.6 Å². The maximum absolute atomic E-state index is 9.18. The van der Waals surface area contributed by atoms with Gasteiger partial charge in [-0.2, -0.15) is 5.26 Å². The smallest absolute Gasteiger partial charge is 0.289 e. The Morgan fingerprint density at radius 2 is 1.94 bits per heavy atom. The number of H-pyrrole nitrogens is 1. The number of nitriles is 1. The molecule has 0 aliphatic carbocycles. The van der Waals surface area contributed by atoms with Crippen molar-refractivity contribution in [3.63, 3.8) is 0 Å². The number of methoxy groups -OCH3 is 1. The van der Waals surface area contributed by atoms with Gasteiger partial charge in [0.2, 0.25) is 0 Å². The molecule has 0 fully saturated rings. The minimum absolute atomic E-state index is 0.392. The van der Waals surface area contributed by atoms with Crippen LogP contribution in [0.5, 0.6) is 5.75 Å². The van der Waals surface area contributed by atoms with Crippen LogP contribution in [0.15, 0.2) is 30.3 Å². The topological polar surface area (TPSA) is 73.2 Å². The fourth-order valence-electron chi connectivity index (χ4n) is 1.86. The zero-order valence-electron chi connectivity index (χ0n) is 10.3. The highest BCUT2D eigenvalue weighted by atomic mass is 16.5. The number of aromatic nitrogens is 1. The number of hydrogen-bond acceptors (Lipinski definition) is 3. The van der Waals surface area contributed by atoms with Gasteiger partial charge in [-0.15, -0.1) is 0 Å². The molecule has 0 radical (unpaired) electrons. The summed E-state index contributed by atoms with van der Waals surface area (Å²) in [5.41, 5.74) is 8.97. The Labute approximate surface area is 106 Å². The van der Waals surface area contributed by atoms with E-state index in [1.165, 1.54) is 0 Å². The van der Waals surface area contributed by atoms with E-state index in [-0.39, 0.29) is 0 Å². The number of nitrogens with two attached hydrogens (primary N) is 1. The summed E-state index contributed by atoms with van der Waals surface area (Å²) in [7, 11) is 1.62. The molecule has 2 rings (SSSR count). The molecule has 1 aromatic heterocycles.